The third-order valence-corrected chi connectivity index (χ3v) is 0. The molecule has 0 heterocycles. The maximum atomic E-state index is 7.94. The van der Waals surface area contributed by atoms with Gasteiger partial charge in [0.1, 0.15) is 0 Å². The average molecular weight is 170 g/mol. The van der Waals surface area contributed by atoms with Crippen LogP contribution in [-0.4, -0.2) is 17.4 Å². The predicted molar refractivity (Wildman–Crippen MR) is 10.6 cm³/mol. The molecule has 0 aromatic carbocycles. The zero-order valence-corrected chi connectivity index (χ0v) is 5.46. The Balaban J connectivity index is -0.00000000500. The Hall–Kier alpha value is 1.46. The molecule has 0 amide bonds. The van der Waals surface area contributed by atoms with E-state index in [0.717, 1.165) is 0 Å². The van der Waals surface area contributed by atoms with E-state index in [0.29, 0.717) is 0 Å². The Morgan fingerprint density at radius 2 is 1.25 bits per heavy atom. The van der Waals surface area contributed by atoms with Crippen molar-refractivity contribution in [2.45, 2.75) is 0 Å². The van der Waals surface area contributed by atoms with Gasteiger partial charge in [-0.3, -0.25) is 0 Å². The Morgan fingerprint density at radius 3 is 1.25 bits per heavy atom. The number of hydrogen-bond donors (Lipinski definition) is 0. The largest absolute Gasteiger partial charge is 0 e. The third kappa shape index (κ3) is 9.82. The van der Waals surface area contributed by atoms with Crippen LogP contribution in [0.2, 0.25) is 0 Å². The Bertz CT molecular complexity index is 8.00. The standard InChI is InChI=1S/Al.Co.O.Zn.3H. The first-order valence-corrected chi connectivity index (χ1v) is 0.561. The molecule has 0 bridgehead atoms. The molecule has 4 heteroatoms. The molecule has 0 N–H and O–H groups in total. The molecule has 0 saturated carbocycles. The maximum absolute atomic E-state index is 7.94. The van der Waals surface area contributed by atoms with Crippen molar-refractivity contribution in [2.24, 2.45) is 0 Å². The first kappa shape index (κ1) is 17.9. The summed E-state index contributed by atoms with van der Waals surface area (Å²) in [4.78, 5) is 0. The molecule has 0 radical (unpaired) electrons. The molecule has 0 aromatic rings. The van der Waals surface area contributed by atoms with Gasteiger partial charge >= 0.3 is 19.5 Å². The SMILES string of the molecule is [AlH3].[O]=[Co].[Zn]. The summed E-state index contributed by atoms with van der Waals surface area (Å²) in [5, 5.41) is 0. The normalized spacial score (nSPS) is 1.25. The zero-order chi connectivity index (χ0) is 2.00. The van der Waals surface area contributed by atoms with E-state index in [-0.39, 0.29) is 36.8 Å². The molecule has 0 saturated heterocycles. The van der Waals surface area contributed by atoms with Gasteiger partial charge in [0.15, 0.2) is 17.4 Å². The molecule has 0 unspecified atom stereocenters. The van der Waals surface area contributed by atoms with E-state index in [9.17, 15) is 0 Å². The van der Waals surface area contributed by atoms with Gasteiger partial charge in [-0.05, 0) is 0 Å². The molecule has 4 heavy (non-hydrogen) atoms. The molecule has 0 aromatic heterocycles. The van der Waals surface area contributed by atoms with Crippen LogP contribution in [0.3, 0.4) is 0 Å². The van der Waals surface area contributed by atoms with Gasteiger partial charge < -0.3 is 0 Å². The van der Waals surface area contributed by atoms with Crippen LogP contribution in [0, 0.1) is 0 Å². The third-order valence-electron chi connectivity index (χ3n) is 0. The zero-order valence-electron chi connectivity index (χ0n) is 1.45. The van der Waals surface area contributed by atoms with E-state index in [1.165, 1.54) is 0 Å². The van der Waals surface area contributed by atoms with E-state index in [2.05, 4.69) is 15.7 Å². The Morgan fingerprint density at radius 1 is 1.25 bits per heavy atom. The topological polar surface area (TPSA) is 17.1 Å². The van der Waals surface area contributed by atoms with E-state index in [1.54, 1.807) is 0 Å². The van der Waals surface area contributed by atoms with E-state index >= 15 is 0 Å². The van der Waals surface area contributed by atoms with Gasteiger partial charge in [0.05, 0.1) is 0 Å². The van der Waals surface area contributed by atoms with Crippen LogP contribution in [0.1, 0.15) is 0 Å². The van der Waals surface area contributed by atoms with Crippen molar-refractivity contribution >= 4 is 17.4 Å². The summed E-state index contributed by atoms with van der Waals surface area (Å²) in [6.45, 7) is 0. The van der Waals surface area contributed by atoms with Crippen molar-refractivity contribution in [2.75, 3.05) is 0 Å². The molecule has 0 aliphatic heterocycles. The molecule has 0 aliphatic rings. The molecule has 0 rings (SSSR count). The minimum Gasteiger partial charge on any atom is 0 e. The fourth-order valence-electron chi connectivity index (χ4n) is 0. The van der Waals surface area contributed by atoms with Crippen LogP contribution in [0.5, 0.6) is 0 Å². The van der Waals surface area contributed by atoms with Gasteiger partial charge in [-0.2, -0.15) is 0 Å². The maximum Gasteiger partial charge on any atom is 0 e. The fourth-order valence-corrected chi connectivity index (χ4v) is 0. The molecule has 1 nitrogen and oxygen atoms in total. The Kier molecular flexibility index (Phi) is 112. The van der Waals surface area contributed by atoms with Gasteiger partial charge in [-0.15, -0.1) is 0 Å². The smallest absolute Gasteiger partial charge is 0 e. The molecule has 0 atom stereocenters. The molecular weight excluding hydrogens is 167 g/mol. The summed E-state index contributed by atoms with van der Waals surface area (Å²) in [7, 11) is 0. The fraction of sp³-hybridized carbons (Fsp3) is 0. The van der Waals surface area contributed by atoms with Crippen LogP contribution in [0.15, 0.2) is 0 Å². The van der Waals surface area contributed by atoms with Crippen LogP contribution >= 0.6 is 0 Å². The summed E-state index contributed by atoms with van der Waals surface area (Å²) < 4.78 is 7.94. The van der Waals surface area contributed by atoms with E-state index in [1.807, 2.05) is 0 Å². The molecule has 23 valence electrons. The van der Waals surface area contributed by atoms with Crippen LogP contribution in [0.25, 0.3) is 0 Å². The molecule has 0 aliphatic carbocycles. The van der Waals surface area contributed by atoms with Crippen LogP contribution in [0.4, 0.5) is 0 Å². The number of rotatable bonds is 0. The quantitative estimate of drug-likeness (QED) is 0.413. The summed E-state index contributed by atoms with van der Waals surface area (Å²) in [6, 6.07) is 0. The summed E-state index contributed by atoms with van der Waals surface area (Å²) in [5.74, 6) is 0. The summed E-state index contributed by atoms with van der Waals surface area (Å²) in [5.41, 5.74) is 0. The van der Waals surface area contributed by atoms with Gasteiger partial charge in [0.2, 0.25) is 0 Å². The van der Waals surface area contributed by atoms with Gasteiger partial charge in [-0.25, -0.2) is 0 Å². The van der Waals surface area contributed by atoms with Crippen molar-refractivity contribution in [1.82, 2.24) is 0 Å². The predicted octanol–water partition coefficient (Wildman–Crippen LogP) is -1.31. The average Bonchev–Trinajstić information content (AvgIpc) is 1.00. The summed E-state index contributed by atoms with van der Waals surface area (Å²) >= 11 is 2.31. The minimum atomic E-state index is 0. The minimum absolute atomic E-state index is 0. The monoisotopic (exact) mass is 169 g/mol. The molecule has 0 fully saturated rings. The number of hydrogen-bond acceptors (Lipinski definition) is 1. The van der Waals surface area contributed by atoms with Gasteiger partial charge in [0.25, 0.3) is 0 Å². The van der Waals surface area contributed by atoms with Gasteiger partial charge in [-0.1, -0.05) is 0 Å². The Labute approximate surface area is 56.2 Å². The first-order valence-electron chi connectivity index (χ1n) is 0.136. The van der Waals surface area contributed by atoms with Crippen LogP contribution in [-0.2, 0) is 39.0 Å². The van der Waals surface area contributed by atoms with Crippen LogP contribution < -0.4 is 0 Å². The summed E-state index contributed by atoms with van der Waals surface area (Å²) in [6.07, 6.45) is 0. The second-order valence-electron chi connectivity index (χ2n) is 0. The second kappa shape index (κ2) is 25.0. The van der Waals surface area contributed by atoms with Crippen molar-refractivity contribution in [3.05, 3.63) is 0 Å². The molecular formula is H3AlCoOZn. The van der Waals surface area contributed by atoms with Crippen molar-refractivity contribution in [3.8, 4) is 0 Å². The second-order valence-corrected chi connectivity index (χ2v) is 0. The van der Waals surface area contributed by atoms with Gasteiger partial charge in [0, 0.05) is 19.5 Å². The van der Waals surface area contributed by atoms with Crippen molar-refractivity contribution in [1.29, 1.82) is 0 Å². The van der Waals surface area contributed by atoms with Crippen molar-refractivity contribution < 1.29 is 39.0 Å². The van der Waals surface area contributed by atoms with E-state index in [4.69, 9.17) is 3.87 Å². The first-order chi connectivity index (χ1) is 1.00. The molecule has 0 spiro atoms. The van der Waals surface area contributed by atoms with E-state index < -0.39 is 0 Å². The van der Waals surface area contributed by atoms with Crippen molar-refractivity contribution in [3.63, 3.8) is 0 Å².